The molecule has 4 aromatic rings. The van der Waals surface area contributed by atoms with Gasteiger partial charge in [0.15, 0.2) is 11.8 Å². The molecule has 0 atom stereocenters. The number of benzene rings is 1. The Morgan fingerprint density at radius 3 is 2.83 bits per heavy atom. The summed E-state index contributed by atoms with van der Waals surface area (Å²) in [5.74, 6) is -0.926. The smallest absolute Gasteiger partial charge is 0.224 e. The predicted octanol–water partition coefficient (Wildman–Crippen LogP) is 5.87. The average Bonchev–Trinajstić information content (AvgIpc) is 3.31. The second-order valence-electron chi connectivity index (χ2n) is 9.17. The summed E-state index contributed by atoms with van der Waals surface area (Å²) in [4.78, 5) is 4.17. The normalized spacial score (nSPS) is 21.0. The minimum Gasteiger partial charge on any atom is -0.436 e. The van der Waals surface area contributed by atoms with Gasteiger partial charge in [-0.2, -0.15) is 0 Å². The highest BCUT2D eigenvalue weighted by molar-refractivity contribution is 5.92. The van der Waals surface area contributed by atoms with Crippen LogP contribution in [0.15, 0.2) is 41.3 Å². The molecule has 150 valence electrons. The van der Waals surface area contributed by atoms with E-state index < -0.39 is 12.7 Å². The quantitative estimate of drug-likeness (QED) is 0.400. The number of aryl methyl sites for hydroxylation is 3. The maximum atomic E-state index is 9.37. The number of fused-ring (bicyclic) bond motifs is 3. The van der Waals surface area contributed by atoms with Crippen LogP contribution in [0.25, 0.3) is 28.1 Å². The summed E-state index contributed by atoms with van der Waals surface area (Å²) < 4.78 is 43.9. The van der Waals surface area contributed by atoms with Gasteiger partial charge in [-0.05, 0) is 68.0 Å². The molecule has 1 aliphatic carbocycles. The summed E-state index contributed by atoms with van der Waals surface area (Å²) in [6.07, 6.45) is 8.21. The van der Waals surface area contributed by atoms with Crippen LogP contribution in [0.3, 0.4) is 0 Å². The van der Waals surface area contributed by atoms with Crippen LogP contribution in [0, 0.1) is 19.2 Å². The van der Waals surface area contributed by atoms with Crippen molar-refractivity contribution in [3.63, 3.8) is 0 Å². The molecule has 1 aliphatic rings. The van der Waals surface area contributed by atoms with Crippen LogP contribution in [0.1, 0.15) is 67.6 Å². The summed E-state index contributed by atoms with van der Waals surface area (Å²) in [5.41, 5.74) is 6.15. The van der Waals surface area contributed by atoms with Gasteiger partial charge in [0.05, 0.1) is 17.3 Å². The van der Waals surface area contributed by atoms with Gasteiger partial charge in [0, 0.05) is 17.1 Å². The number of pyridine rings is 1. The zero-order valence-corrected chi connectivity index (χ0v) is 17.5. The van der Waals surface area contributed by atoms with Crippen molar-refractivity contribution in [3.8, 4) is 11.3 Å². The molecule has 0 saturated heterocycles. The third-order valence-electron chi connectivity index (χ3n) is 6.53. The van der Waals surface area contributed by atoms with Gasteiger partial charge in [-0.25, -0.2) is 9.55 Å². The minimum atomic E-state index is -2.29. The van der Waals surface area contributed by atoms with Crippen LogP contribution in [-0.4, -0.2) is 9.38 Å². The van der Waals surface area contributed by atoms with Crippen molar-refractivity contribution in [1.82, 2.24) is 9.38 Å². The molecule has 0 radical (unpaired) electrons. The lowest BCUT2D eigenvalue weighted by molar-refractivity contribution is -0.660. The molecule has 1 saturated carbocycles. The molecule has 4 nitrogen and oxygen atoms in total. The van der Waals surface area contributed by atoms with Crippen molar-refractivity contribution in [1.29, 1.82) is 0 Å². The summed E-state index contributed by atoms with van der Waals surface area (Å²) in [7, 11) is 1.87. The maximum absolute atomic E-state index is 9.37. The SMILES string of the molecule is [2H]C([2H])([2H])c1c[n+](C)c(-c2c(C)ccc3c2oc2cncn23)cc1C1([2H])CCC(C)(C)CC1. The zero-order chi connectivity index (χ0) is 23.8. The lowest BCUT2D eigenvalue weighted by atomic mass is 9.71. The first-order valence-electron chi connectivity index (χ1n) is 12.3. The first-order chi connectivity index (χ1) is 15.4. The number of rotatable bonds is 2. The highest BCUT2D eigenvalue weighted by Gasteiger charge is 2.30. The van der Waals surface area contributed by atoms with Crippen molar-refractivity contribution in [2.75, 3.05) is 0 Å². The van der Waals surface area contributed by atoms with Crippen LogP contribution < -0.4 is 4.57 Å². The van der Waals surface area contributed by atoms with Crippen molar-refractivity contribution in [3.05, 3.63) is 53.6 Å². The lowest BCUT2D eigenvalue weighted by Gasteiger charge is -2.34. The van der Waals surface area contributed by atoms with E-state index in [9.17, 15) is 1.37 Å². The fourth-order valence-electron chi connectivity index (χ4n) is 4.61. The lowest BCUT2D eigenvalue weighted by Crippen LogP contribution is -2.32. The zero-order valence-electron chi connectivity index (χ0n) is 21.5. The van der Waals surface area contributed by atoms with Crippen molar-refractivity contribution >= 4 is 16.8 Å². The van der Waals surface area contributed by atoms with Gasteiger partial charge in [-0.15, -0.1) is 0 Å². The number of hydrogen-bond donors (Lipinski definition) is 0. The summed E-state index contributed by atoms with van der Waals surface area (Å²) in [6.45, 7) is 4.19. The van der Waals surface area contributed by atoms with Crippen LogP contribution in [-0.2, 0) is 7.05 Å². The average molecular weight is 393 g/mol. The molecule has 3 aromatic heterocycles. The standard InChI is InChI=1S/C25H30N3O/c1-16-6-7-20-24(29-22-13-26-15-28(20)22)23(16)21-12-19(17(2)14-27(21)5)18-8-10-25(3,4)11-9-18/h6-7,12-15,18H,8-11H2,1-5H3/q+1/i2D3,18D. The van der Waals surface area contributed by atoms with E-state index in [1.807, 2.05) is 41.1 Å². The highest BCUT2D eigenvalue weighted by atomic mass is 16.3. The van der Waals surface area contributed by atoms with Gasteiger partial charge >= 0.3 is 0 Å². The number of aromatic nitrogens is 3. The molecule has 1 aromatic carbocycles. The fourth-order valence-corrected chi connectivity index (χ4v) is 4.61. The highest BCUT2D eigenvalue weighted by Crippen LogP contribution is 2.44. The predicted molar refractivity (Wildman–Crippen MR) is 116 cm³/mol. The molecule has 1 fully saturated rings. The van der Waals surface area contributed by atoms with E-state index in [0.29, 0.717) is 24.1 Å². The Morgan fingerprint density at radius 1 is 1.28 bits per heavy atom. The number of imidazole rings is 1. The van der Waals surface area contributed by atoms with Gasteiger partial charge in [0.25, 0.3) is 0 Å². The molecule has 29 heavy (non-hydrogen) atoms. The molecule has 0 aliphatic heterocycles. The van der Waals surface area contributed by atoms with E-state index in [0.717, 1.165) is 40.8 Å². The van der Waals surface area contributed by atoms with Crippen molar-refractivity contribution in [2.24, 2.45) is 12.5 Å². The molecule has 0 bridgehead atoms. The van der Waals surface area contributed by atoms with Crippen molar-refractivity contribution in [2.45, 2.75) is 59.2 Å². The maximum Gasteiger partial charge on any atom is 0.224 e. The fraction of sp³-hybridized carbons (Fsp3) is 0.440. The molecule has 0 unspecified atom stereocenters. The topological polar surface area (TPSA) is 34.3 Å². The minimum absolute atomic E-state index is 0.180. The van der Waals surface area contributed by atoms with Gasteiger partial charge in [0.2, 0.25) is 11.4 Å². The molecule has 0 N–H and O–H groups in total. The number of oxazole rings is 1. The summed E-state index contributed by atoms with van der Waals surface area (Å²) in [5, 5.41) is 0. The summed E-state index contributed by atoms with van der Waals surface area (Å²) >= 11 is 0. The third kappa shape index (κ3) is 2.97. The largest absolute Gasteiger partial charge is 0.436 e. The Bertz CT molecular complexity index is 1370. The first kappa shape index (κ1) is 14.4. The summed E-state index contributed by atoms with van der Waals surface area (Å²) in [6, 6.07) is 5.99. The van der Waals surface area contributed by atoms with E-state index in [4.69, 9.17) is 8.53 Å². The molecule has 0 spiro atoms. The Hall–Kier alpha value is -2.62. The van der Waals surface area contributed by atoms with E-state index in [-0.39, 0.29) is 11.0 Å². The molecule has 3 heterocycles. The van der Waals surface area contributed by atoms with Crippen LogP contribution in [0.2, 0.25) is 0 Å². The Kier molecular flexibility index (Phi) is 3.20. The first-order valence-corrected chi connectivity index (χ1v) is 10.3. The third-order valence-corrected chi connectivity index (χ3v) is 6.53. The molecular weight excluding hydrogens is 358 g/mol. The van der Waals surface area contributed by atoms with E-state index in [1.165, 1.54) is 0 Å². The van der Waals surface area contributed by atoms with Crippen LogP contribution in [0.5, 0.6) is 0 Å². The Labute approximate surface area is 177 Å². The van der Waals surface area contributed by atoms with Gasteiger partial charge in [-0.1, -0.05) is 19.9 Å². The second kappa shape index (κ2) is 6.45. The van der Waals surface area contributed by atoms with E-state index in [2.05, 4.69) is 18.8 Å². The number of nitrogens with zero attached hydrogens (tertiary/aromatic N) is 3. The van der Waals surface area contributed by atoms with Gasteiger partial charge < -0.3 is 4.42 Å². The van der Waals surface area contributed by atoms with Crippen molar-refractivity contribution < 1.29 is 14.5 Å². The Balaban J connectivity index is 1.77. The molecular formula is C25H30N3O+. The van der Waals surface area contributed by atoms with Gasteiger partial charge in [0.1, 0.15) is 13.4 Å². The van der Waals surface area contributed by atoms with Crippen LogP contribution in [0.4, 0.5) is 0 Å². The monoisotopic (exact) mass is 392 g/mol. The second-order valence-corrected chi connectivity index (χ2v) is 9.17. The Morgan fingerprint density at radius 2 is 2.07 bits per heavy atom. The molecule has 5 rings (SSSR count). The molecule has 0 amide bonds. The van der Waals surface area contributed by atoms with E-state index in [1.54, 1.807) is 18.7 Å². The molecule has 4 heteroatoms. The van der Waals surface area contributed by atoms with E-state index >= 15 is 0 Å². The van der Waals surface area contributed by atoms with Crippen LogP contribution >= 0.6 is 0 Å². The number of hydrogen-bond acceptors (Lipinski definition) is 2. The van der Waals surface area contributed by atoms with Gasteiger partial charge in [-0.3, -0.25) is 4.40 Å².